The van der Waals surface area contributed by atoms with Gasteiger partial charge in [-0.05, 0) is 12.0 Å². The summed E-state index contributed by atoms with van der Waals surface area (Å²) >= 11 is 6.78. The van der Waals surface area contributed by atoms with E-state index < -0.39 is 0 Å². The molecular weight excluding hydrogens is 390 g/mol. The maximum absolute atomic E-state index is 12.6. The molecule has 7 heteroatoms. The summed E-state index contributed by atoms with van der Waals surface area (Å²) in [6, 6.07) is 10.4. The molecule has 0 bridgehead atoms. The molecule has 0 aromatic heterocycles. The highest BCUT2D eigenvalue weighted by molar-refractivity contribution is 8.26. The zero-order valence-electron chi connectivity index (χ0n) is 16.3. The van der Waals surface area contributed by atoms with Crippen LogP contribution in [-0.2, 0) is 9.53 Å². The van der Waals surface area contributed by atoms with Crippen LogP contribution in [0.3, 0.4) is 0 Å². The van der Waals surface area contributed by atoms with Gasteiger partial charge in [-0.2, -0.15) is 0 Å². The highest BCUT2D eigenvalue weighted by Crippen LogP contribution is 2.31. The summed E-state index contributed by atoms with van der Waals surface area (Å²) in [5.41, 5.74) is 1.23. The number of hydrogen-bond donors (Lipinski definition) is 0. The van der Waals surface area contributed by atoms with Crippen LogP contribution in [0.1, 0.15) is 12.0 Å². The van der Waals surface area contributed by atoms with Crippen LogP contribution < -0.4 is 0 Å². The van der Waals surface area contributed by atoms with E-state index in [2.05, 4.69) is 46.2 Å². The third-order valence-electron chi connectivity index (χ3n) is 4.78. The van der Waals surface area contributed by atoms with Crippen molar-refractivity contribution in [2.24, 2.45) is 0 Å². The van der Waals surface area contributed by atoms with E-state index >= 15 is 0 Å². The van der Waals surface area contributed by atoms with Crippen LogP contribution in [0.4, 0.5) is 0 Å². The van der Waals surface area contributed by atoms with Crippen LogP contribution in [0, 0.1) is 0 Å². The second-order valence-electron chi connectivity index (χ2n) is 6.81. The van der Waals surface area contributed by atoms with Crippen molar-refractivity contribution in [2.45, 2.75) is 6.42 Å². The second-order valence-corrected chi connectivity index (χ2v) is 8.49. The Balaban J connectivity index is 1.45. The number of carbonyl (C=O) groups is 1. The number of hydrogen-bond acceptors (Lipinski definition) is 6. The molecule has 0 aliphatic carbocycles. The highest BCUT2D eigenvalue weighted by Gasteiger charge is 2.32. The maximum atomic E-state index is 12.6. The minimum atomic E-state index is 0.0272. The minimum Gasteiger partial charge on any atom is -0.385 e. The predicted molar refractivity (Wildman–Crippen MR) is 120 cm³/mol. The molecule has 0 atom stereocenters. The third-order valence-corrected chi connectivity index (χ3v) is 6.15. The highest BCUT2D eigenvalue weighted by atomic mass is 32.2. The van der Waals surface area contributed by atoms with Crippen LogP contribution in [0.25, 0.3) is 6.08 Å². The zero-order chi connectivity index (χ0) is 19.8. The van der Waals surface area contributed by atoms with Crippen molar-refractivity contribution in [3.8, 4) is 0 Å². The zero-order valence-corrected chi connectivity index (χ0v) is 17.9. The van der Waals surface area contributed by atoms with E-state index in [1.165, 1.54) is 17.3 Å². The molecule has 2 fully saturated rings. The third kappa shape index (κ3) is 5.91. The lowest BCUT2D eigenvalue weighted by Gasteiger charge is -2.33. The molecule has 2 saturated heterocycles. The van der Waals surface area contributed by atoms with E-state index in [-0.39, 0.29) is 5.91 Å². The first-order chi connectivity index (χ1) is 13.7. The first-order valence-electron chi connectivity index (χ1n) is 9.60. The van der Waals surface area contributed by atoms with E-state index in [0.29, 0.717) is 17.5 Å². The van der Waals surface area contributed by atoms with E-state index in [4.69, 9.17) is 17.0 Å². The Morgan fingerprint density at radius 3 is 2.64 bits per heavy atom. The number of carbonyl (C=O) groups excluding carboxylic acids is 1. The second kappa shape index (κ2) is 10.8. The SMILES string of the molecule is COCCCN1C(=O)/C(=C\N2CCN(C/C=C/c3ccccc3)CC2)SC1=S. The lowest BCUT2D eigenvalue weighted by atomic mass is 10.2. The predicted octanol–water partition coefficient (Wildman–Crippen LogP) is 3.06. The fraction of sp³-hybridized carbons (Fsp3) is 0.429. The summed E-state index contributed by atoms with van der Waals surface area (Å²) < 4.78 is 5.71. The first-order valence-corrected chi connectivity index (χ1v) is 10.8. The molecular formula is C21H27N3O2S2. The average molecular weight is 418 g/mol. The van der Waals surface area contributed by atoms with Gasteiger partial charge < -0.3 is 9.64 Å². The summed E-state index contributed by atoms with van der Waals surface area (Å²) in [5, 5.41) is 0. The summed E-state index contributed by atoms with van der Waals surface area (Å²) in [5.74, 6) is 0.0272. The van der Waals surface area contributed by atoms with Crippen LogP contribution in [-0.4, -0.2) is 77.9 Å². The molecule has 1 aromatic carbocycles. The lowest BCUT2D eigenvalue weighted by Crippen LogP contribution is -2.44. The molecule has 2 heterocycles. The summed E-state index contributed by atoms with van der Waals surface area (Å²) in [6.07, 6.45) is 7.18. The van der Waals surface area contributed by atoms with Gasteiger partial charge in [-0.25, -0.2) is 0 Å². The molecule has 28 heavy (non-hydrogen) atoms. The quantitative estimate of drug-likeness (QED) is 0.368. The van der Waals surface area contributed by atoms with Crippen LogP contribution in [0.5, 0.6) is 0 Å². The van der Waals surface area contributed by atoms with Crippen molar-refractivity contribution in [2.75, 3.05) is 53.0 Å². The minimum absolute atomic E-state index is 0.0272. The van der Waals surface area contributed by atoms with Crippen molar-refractivity contribution in [3.63, 3.8) is 0 Å². The summed E-state index contributed by atoms with van der Waals surface area (Å²) in [4.78, 5) is 19.7. The van der Waals surface area contributed by atoms with Crippen LogP contribution in [0.2, 0.25) is 0 Å². The monoisotopic (exact) mass is 417 g/mol. The molecule has 0 saturated carbocycles. The molecule has 0 unspecified atom stereocenters. The van der Waals surface area contributed by atoms with Gasteiger partial charge in [0.1, 0.15) is 4.32 Å². The number of benzene rings is 1. The number of nitrogens with zero attached hydrogens (tertiary/aromatic N) is 3. The number of amides is 1. The molecule has 0 spiro atoms. The van der Waals surface area contributed by atoms with Gasteiger partial charge in [0, 0.05) is 59.2 Å². The van der Waals surface area contributed by atoms with Crippen molar-refractivity contribution < 1.29 is 9.53 Å². The van der Waals surface area contributed by atoms with E-state index in [1.54, 1.807) is 12.0 Å². The van der Waals surface area contributed by atoms with Gasteiger partial charge in [0.25, 0.3) is 5.91 Å². The van der Waals surface area contributed by atoms with Gasteiger partial charge in [-0.3, -0.25) is 14.6 Å². The van der Waals surface area contributed by atoms with Gasteiger partial charge >= 0.3 is 0 Å². The smallest absolute Gasteiger partial charge is 0.267 e. The van der Waals surface area contributed by atoms with Gasteiger partial charge in [0.05, 0.1) is 4.91 Å². The normalized spacial score (nSPS) is 20.1. The number of rotatable bonds is 8. The Bertz CT molecular complexity index is 728. The van der Waals surface area contributed by atoms with Crippen molar-refractivity contribution in [1.82, 2.24) is 14.7 Å². The Morgan fingerprint density at radius 1 is 1.18 bits per heavy atom. The molecule has 150 valence electrons. The number of methoxy groups -OCH3 is 1. The Hall–Kier alpha value is -1.67. The first kappa shape index (κ1) is 21.0. The van der Waals surface area contributed by atoms with Crippen LogP contribution in [0.15, 0.2) is 47.5 Å². The van der Waals surface area contributed by atoms with Crippen LogP contribution >= 0.6 is 24.0 Å². The molecule has 1 amide bonds. The van der Waals surface area contributed by atoms with Crippen molar-refractivity contribution in [3.05, 3.63) is 53.1 Å². The van der Waals surface area contributed by atoms with Gasteiger partial charge in [0.2, 0.25) is 0 Å². The summed E-state index contributed by atoms with van der Waals surface area (Å²) in [6.45, 7) is 6.03. The molecule has 0 N–H and O–H groups in total. The molecule has 2 aliphatic heterocycles. The molecule has 5 nitrogen and oxygen atoms in total. The van der Waals surface area contributed by atoms with Crippen molar-refractivity contribution >= 4 is 40.3 Å². The molecule has 1 aromatic rings. The topological polar surface area (TPSA) is 36.0 Å². The molecule has 0 radical (unpaired) electrons. The van der Waals surface area contributed by atoms with Gasteiger partial charge in [0.15, 0.2) is 0 Å². The Morgan fingerprint density at radius 2 is 1.93 bits per heavy atom. The maximum Gasteiger partial charge on any atom is 0.267 e. The molecule has 2 aliphatic rings. The Kier molecular flexibility index (Phi) is 8.09. The largest absolute Gasteiger partial charge is 0.385 e. The van der Waals surface area contributed by atoms with E-state index in [1.807, 2.05) is 12.3 Å². The summed E-state index contributed by atoms with van der Waals surface area (Å²) in [7, 11) is 1.67. The standard InChI is InChI=1S/C21H27N3O2S2/c1-26-16-6-11-24-20(25)19(28-21(24)27)17-23-14-12-22(13-15-23)10-5-9-18-7-3-2-4-8-18/h2-5,7-9,17H,6,10-16H2,1H3/b9-5+,19-17+. The number of thiocarbonyl (C=S) groups is 1. The lowest BCUT2D eigenvalue weighted by molar-refractivity contribution is -0.122. The number of piperazine rings is 1. The van der Waals surface area contributed by atoms with Crippen molar-refractivity contribution in [1.29, 1.82) is 0 Å². The van der Waals surface area contributed by atoms with Gasteiger partial charge in [-0.15, -0.1) is 0 Å². The fourth-order valence-electron chi connectivity index (χ4n) is 3.19. The molecule has 3 rings (SSSR count). The van der Waals surface area contributed by atoms with E-state index in [9.17, 15) is 4.79 Å². The number of ether oxygens (including phenoxy) is 1. The van der Waals surface area contributed by atoms with E-state index in [0.717, 1.165) is 44.0 Å². The Labute approximate surface area is 177 Å². The average Bonchev–Trinajstić information content (AvgIpc) is 2.97. The fourth-order valence-corrected chi connectivity index (χ4v) is 4.51. The van der Waals surface area contributed by atoms with Gasteiger partial charge in [-0.1, -0.05) is 66.5 Å². The number of thioether (sulfide) groups is 1.